The van der Waals surface area contributed by atoms with E-state index in [0.717, 1.165) is 55.2 Å². The molecule has 3 aromatic heterocycles. The van der Waals surface area contributed by atoms with Crippen LogP contribution in [0.4, 0.5) is 16.2 Å². The van der Waals surface area contributed by atoms with Gasteiger partial charge in [0.25, 0.3) is 0 Å². The fraction of sp³-hybridized carbons (Fsp3) is 0.292. The van der Waals surface area contributed by atoms with Crippen molar-refractivity contribution < 1.29 is 4.39 Å². The van der Waals surface area contributed by atoms with E-state index in [9.17, 15) is 4.39 Å². The average Bonchev–Trinajstić information content (AvgIpc) is 2.83. The molecule has 0 radical (unpaired) electrons. The van der Waals surface area contributed by atoms with Crippen LogP contribution in [0.5, 0.6) is 0 Å². The number of piperazine rings is 1. The number of hydrogen-bond donors (Lipinski definition) is 2. The van der Waals surface area contributed by atoms with Gasteiger partial charge in [-0.1, -0.05) is 12.1 Å². The van der Waals surface area contributed by atoms with Crippen molar-refractivity contribution in [2.24, 2.45) is 0 Å². The Kier molecular flexibility index (Phi) is 5.89. The molecule has 8 nitrogen and oxygen atoms in total. The van der Waals surface area contributed by atoms with Crippen LogP contribution in [0, 0.1) is 19.7 Å². The van der Waals surface area contributed by atoms with E-state index >= 15 is 0 Å². The third-order valence-electron chi connectivity index (χ3n) is 5.77. The Morgan fingerprint density at radius 1 is 0.939 bits per heavy atom. The molecule has 1 aliphatic rings. The summed E-state index contributed by atoms with van der Waals surface area (Å²) in [5.74, 6) is 0.378. The molecule has 0 amide bonds. The Morgan fingerprint density at radius 2 is 1.73 bits per heavy atom. The van der Waals surface area contributed by atoms with Gasteiger partial charge in [0.15, 0.2) is 5.82 Å². The van der Waals surface area contributed by atoms with E-state index in [1.807, 2.05) is 38.2 Å². The van der Waals surface area contributed by atoms with Crippen LogP contribution in [0.1, 0.15) is 17.0 Å². The summed E-state index contributed by atoms with van der Waals surface area (Å²) in [5, 5.41) is 6.43. The zero-order valence-electron chi connectivity index (χ0n) is 18.6. The van der Waals surface area contributed by atoms with Crippen LogP contribution in [-0.4, -0.2) is 56.0 Å². The zero-order chi connectivity index (χ0) is 22.8. The molecule has 2 N–H and O–H groups in total. The Labute approximate surface area is 191 Å². The smallest absolute Gasteiger partial charge is 0.229 e. The van der Waals surface area contributed by atoms with Crippen LogP contribution in [0.3, 0.4) is 0 Å². The maximum Gasteiger partial charge on any atom is 0.229 e. The first-order chi connectivity index (χ1) is 16.0. The highest BCUT2D eigenvalue weighted by atomic mass is 19.1. The molecule has 0 unspecified atom stereocenters. The van der Waals surface area contributed by atoms with Crippen molar-refractivity contribution >= 4 is 22.8 Å². The number of pyridine rings is 1. The van der Waals surface area contributed by atoms with Crippen LogP contribution in [0.2, 0.25) is 0 Å². The monoisotopic (exact) mass is 444 g/mol. The first-order valence-electron chi connectivity index (χ1n) is 11.0. The van der Waals surface area contributed by atoms with Gasteiger partial charge in [-0.2, -0.15) is 0 Å². The normalized spacial score (nSPS) is 14.5. The second kappa shape index (κ2) is 9.13. The topological polar surface area (TPSA) is 91.8 Å². The molecule has 0 atom stereocenters. The van der Waals surface area contributed by atoms with Crippen LogP contribution in [-0.2, 0) is 6.54 Å². The van der Waals surface area contributed by atoms with Gasteiger partial charge >= 0.3 is 0 Å². The van der Waals surface area contributed by atoms with Gasteiger partial charge in [0.05, 0.1) is 28.6 Å². The lowest BCUT2D eigenvalue weighted by Crippen LogP contribution is -2.42. The summed E-state index contributed by atoms with van der Waals surface area (Å²) in [4.78, 5) is 24.5. The number of benzene rings is 1. The van der Waals surface area contributed by atoms with Crippen LogP contribution >= 0.6 is 0 Å². The third kappa shape index (κ3) is 4.79. The molecule has 1 aliphatic heterocycles. The number of aryl methyl sites for hydroxylation is 2. The first kappa shape index (κ1) is 21.3. The molecule has 1 saturated heterocycles. The van der Waals surface area contributed by atoms with Crippen molar-refractivity contribution in [3.8, 4) is 11.3 Å². The number of fused-ring (bicyclic) bond motifs is 1. The highest BCUT2D eigenvalue weighted by Gasteiger charge is 2.13. The lowest BCUT2D eigenvalue weighted by Gasteiger charge is -2.27. The number of aromatic nitrogens is 5. The van der Waals surface area contributed by atoms with E-state index in [-0.39, 0.29) is 11.6 Å². The van der Waals surface area contributed by atoms with Gasteiger partial charge in [0.2, 0.25) is 5.95 Å². The second-order valence-electron chi connectivity index (χ2n) is 8.19. The average molecular weight is 445 g/mol. The Hall–Kier alpha value is -3.56. The third-order valence-corrected chi connectivity index (χ3v) is 5.77. The van der Waals surface area contributed by atoms with Gasteiger partial charge in [-0.3, -0.25) is 4.90 Å². The standard InChI is InChI=1S/C24H25FN8/c1-15-16(2)30-21-11-18(4-5-20(21)29-15)23-19(25)13-28-24(32-23)31-22-6-3-17(12-27-22)14-33-9-7-26-8-10-33/h3-6,11-13,26H,7-10,14H2,1-2H3,(H,27,28,31,32). The summed E-state index contributed by atoms with van der Waals surface area (Å²) in [6.07, 6.45) is 3.01. The number of rotatable bonds is 5. The van der Waals surface area contributed by atoms with E-state index in [1.165, 1.54) is 6.20 Å². The summed E-state index contributed by atoms with van der Waals surface area (Å²) in [7, 11) is 0. The number of hydrogen-bond acceptors (Lipinski definition) is 8. The molecule has 1 aromatic carbocycles. The molecule has 9 heteroatoms. The Bertz CT molecular complexity index is 1290. The van der Waals surface area contributed by atoms with E-state index in [4.69, 9.17) is 0 Å². The van der Waals surface area contributed by atoms with Gasteiger partial charge in [-0.25, -0.2) is 29.3 Å². The molecular formula is C24H25FN8. The maximum absolute atomic E-state index is 14.6. The van der Waals surface area contributed by atoms with Crippen molar-refractivity contribution in [3.05, 3.63) is 65.5 Å². The highest BCUT2D eigenvalue weighted by Crippen LogP contribution is 2.25. The minimum Gasteiger partial charge on any atom is -0.314 e. The lowest BCUT2D eigenvalue weighted by atomic mass is 10.1. The second-order valence-corrected chi connectivity index (χ2v) is 8.19. The number of nitrogens with one attached hydrogen (secondary N) is 2. The van der Waals surface area contributed by atoms with Gasteiger partial charge in [0, 0.05) is 44.5 Å². The summed E-state index contributed by atoms with van der Waals surface area (Å²) >= 11 is 0. The maximum atomic E-state index is 14.6. The summed E-state index contributed by atoms with van der Waals surface area (Å²) in [6.45, 7) is 8.79. The predicted molar refractivity (Wildman–Crippen MR) is 126 cm³/mol. The molecule has 0 spiro atoms. The molecule has 0 aliphatic carbocycles. The molecule has 4 aromatic rings. The van der Waals surface area contributed by atoms with Crippen molar-refractivity contribution in [1.29, 1.82) is 0 Å². The fourth-order valence-corrected chi connectivity index (χ4v) is 3.84. The van der Waals surface area contributed by atoms with Crippen LogP contribution in [0.25, 0.3) is 22.3 Å². The Balaban J connectivity index is 1.35. The summed E-state index contributed by atoms with van der Waals surface area (Å²) < 4.78 is 14.6. The van der Waals surface area contributed by atoms with E-state index in [2.05, 4.69) is 40.5 Å². The number of halogens is 1. The van der Waals surface area contributed by atoms with Gasteiger partial charge in [-0.05, 0) is 37.6 Å². The number of nitrogens with zero attached hydrogens (tertiary/aromatic N) is 6. The molecule has 0 saturated carbocycles. The fourth-order valence-electron chi connectivity index (χ4n) is 3.84. The number of anilines is 2. The quantitative estimate of drug-likeness (QED) is 0.484. The van der Waals surface area contributed by atoms with Crippen LogP contribution < -0.4 is 10.6 Å². The molecule has 168 valence electrons. The molecular weight excluding hydrogens is 419 g/mol. The highest BCUT2D eigenvalue weighted by molar-refractivity contribution is 5.81. The van der Waals surface area contributed by atoms with E-state index in [0.29, 0.717) is 16.9 Å². The SMILES string of the molecule is Cc1nc2ccc(-c3nc(Nc4ccc(CN5CCNCC5)cn4)ncc3F)cc2nc1C. The van der Waals surface area contributed by atoms with E-state index < -0.39 is 5.82 Å². The van der Waals surface area contributed by atoms with Gasteiger partial charge in [-0.15, -0.1) is 0 Å². The molecule has 0 bridgehead atoms. The van der Waals surface area contributed by atoms with Crippen molar-refractivity contribution in [2.75, 3.05) is 31.5 Å². The van der Waals surface area contributed by atoms with Gasteiger partial charge in [0.1, 0.15) is 11.5 Å². The van der Waals surface area contributed by atoms with Crippen molar-refractivity contribution in [1.82, 2.24) is 35.1 Å². The minimum absolute atomic E-state index is 0.199. The molecule has 5 rings (SSSR count). The summed E-state index contributed by atoms with van der Waals surface area (Å²) in [6, 6.07) is 9.35. The predicted octanol–water partition coefficient (Wildman–Crippen LogP) is 3.39. The Morgan fingerprint density at radius 3 is 2.48 bits per heavy atom. The minimum atomic E-state index is -0.504. The molecule has 1 fully saturated rings. The first-order valence-corrected chi connectivity index (χ1v) is 11.0. The molecule has 33 heavy (non-hydrogen) atoms. The molecule has 4 heterocycles. The zero-order valence-corrected chi connectivity index (χ0v) is 18.6. The lowest BCUT2D eigenvalue weighted by molar-refractivity contribution is 0.233. The van der Waals surface area contributed by atoms with E-state index in [1.54, 1.807) is 12.1 Å². The van der Waals surface area contributed by atoms with Gasteiger partial charge < -0.3 is 10.6 Å². The summed E-state index contributed by atoms with van der Waals surface area (Å²) in [5.41, 5.74) is 5.14. The van der Waals surface area contributed by atoms with Crippen LogP contribution in [0.15, 0.2) is 42.7 Å². The van der Waals surface area contributed by atoms with Crippen molar-refractivity contribution in [2.45, 2.75) is 20.4 Å². The van der Waals surface area contributed by atoms with Crippen molar-refractivity contribution in [3.63, 3.8) is 0 Å². The largest absolute Gasteiger partial charge is 0.314 e.